The van der Waals surface area contributed by atoms with Crippen LogP contribution in [-0.4, -0.2) is 88.0 Å². The number of carboxylic acids is 1. The fourth-order valence-electron chi connectivity index (χ4n) is 6.66. The van der Waals surface area contributed by atoms with Crippen LogP contribution in [0.1, 0.15) is 16.8 Å². The van der Waals surface area contributed by atoms with Crippen molar-refractivity contribution in [2.24, 2.45) is 7.05 Å². The van der Waals surface area contributed by atoms with Crippen molar-refractivity contribution >= 4 is 50.3 Å². The van der Waals surface area contributed by atoms with Crippen LogP contribution in [0.3, 0.4) is 0 Å². The van der Waals surface area contributed by atoms with E-state index in [-0.39, 0.29) is 16.3 Å². The SMILES string of the molecule is CNc1cc(F)c(F)c2c1[nH]c1ncc(-c3cnc4c(c3)c(=O)c(C(=O)O)cn4C)c(N3CC[C@]4(CN(C)CCO4)C3)c12. The highest BCUT2D eigenvalue weighted by Crippen LogP contribution is 2.45. The third-order valence-electron chi connectivity index (χ3n) is 8.66. The first-order valence-electron chi connectivity index (χ1n) is 13.9. The summed E-state index contributed by atoms with van der Waals surface area (Å²) < 4.78 is 38.4. The monoisotopic (exact) mass is 589 g/mol. The molecular formula is C30H29F2N7O4. The predicted octanol–water partition coefficient (Wildman–Crippen LogP) is 3.56. The third kappa shape index (κ3) is 4.13. The van der Waals surface area contributed by atoms with Crippen molar-refractivity contribution in [1.29, 1.82) is 0 Å². The summed E-state index contributed by atoms with van der Waals surface area (Å²) in [4.78, 5) is 41.6. The predicted molar refractivity (Wildman–Crippen MR) is 159 cm³/mol. The molecule has 11 nitrogen and oxygen atoms in total. The van der Waals surface area contributed by atoms with Gasteiger partial charge in [0.05, 0.1) is 45.3 Å². The Morgan fingerprint density at radius 2 is 1.95 bits per heavy atom. The van der Waals surface area contributed by atoms with Crippen molar-refractivity contribution in [2.45, 2.75) is 12.0 Å². The maximum Gasteiger partial charge on any atom is 0.341 e. The van der Waals surface area contributed by atoms with Crippen LogP contribution in [0, 0.1) is 11.6 Å². The van der Waals surface area contributed by atoms with Gasteiger partial charge < -0.3 is 34.5 Å². The number of hydrogen-bond acceptors (Lipinski definition) is 8. The Morgan fingerprint density at radius 3 is 2.70 bits per heavy atom. The highest BCUT2D eigenvalue weighted by atomic mass is 19.2. The molecule has 2 fully saturated rings. The number of morpholine rings is 1. The number of nitrogens with one attached hydrogen (secondary N) is 2. The van der Waals surface area contributed by atoms with Crippen LogP contribution in [-0.2, 0) is 11.8 Å². The molecule has 7 rings (SSSR count). The first kappa shape index (κ1) is 27.2. The number of aryl methyl sites for hydroxylation is 1. The zero-order chi connectivity index (χ0) is 30.2. The molecule has 2 aliphatic rings. The van der Waals surface area contributed by atoms with Crippen molar-refractivity contribution in [3.63, 3.8) is 0 Å². The van der Waals surface area contributed by atoms with Gasteiger partial charge in [0.25, 0.3) is 0 Å². The molecule has 1 spiro atoms. The van der Waals surface area contributed by atoms with Crippen LogP contribution in [0.25, 0.3) is 44.1 Å². The van der Waals surface area contributed by atoms with Gasteiger partial charge in [-0.3, -0.25) is 4.79 Å². The van der Waals surface area contributed by atoms with E-state index in [2.05, 4.69) is 30.1 Å². The summed E-state index contributed by atoms with van der Waals surface area (Å²) in [5.41, 5.74) is 1.58. The molecule has 2 saturated heterocycles. The van der Waals surface area contributed by atoms with Crippen LogP contribution < -0.4 is 15.6 Å². The van der Waals surface area contributed by atoms with Crippen LogP contribution in [0.2, 0.25) is 0 Å². The molecule has 0 saturated carbocycles. The molecule has 0 amide bonds. The van der Waals surface area contributed by atoms with Gasteiger partial charge in [0.2, 0.25) is 5.43 Å². The summed E-state index contributed by atoms with van der Waals surface area (Å²) in [7, 11) is 5.30. The summed E-state index contributed by atoms with van der Waals surface area (Å²) in [6.45, 7) is 3.21. The number of H-pyrrole nitrogens is 1. The average molecular weight is 590 g/mol. The van der Waals surface area contributed by atoms with Gasteiger partial charge in [-0.15, -0.1) is 0 Å². The summed E-state index contributed by atoms with van der Waals surface area (Å²) in [5.74, 6) is -3.34. The summed E-state index contributed by atoms with van der Waals surface area (Å²) in [6.07, 6.45) is 5.16. The minimum Gasteiger partial charge on any atom is -0.477 e. The van der Waals surface area contributed by atoms with E-state index in [0.29, 0.717) is 64.4 Å². The van der Waals surface area contributed by atoms with Gasteiger partial charge in [-0.25, -0.2) is 23.5 Å². The number of anilines is 2. The molecule has 222 valence electrons. The number of rotatable bonds is 4. The number of aromatic nitrogens is 4. The molecule has 2 aliphatic heterocycles. The molecule has 0 aliphatic carbocycles. The molecule has 3 N–H and O–H groups in total. The molecule has 0 radical (unpaired) electrons. The topological polar surface area (TPSA) is 129 Å². The van der Waals surface area contributed by atoms with Crippen molar-refractivity contribution in [2.75, 3.05) is 57.1 Å². The van der Waals surface area contributed by atoms with E-state index in [1.54, 1.807) is 32.6 Å². The number of nitrogens with zero attached hydrogens (tertiary/aromatic N) is 5. The van der Waals surface area contributed by atoms with Crippen LogP contribution in [0.4, 0.5) is 20.2 Å². The summed E-state index contributed by atoms with van der Waals surface area (Å²) in [6, 6.07) is 2.69. The number of halogens is 2. The second-order valence-corrected chi connectivity index (χ2v) is 11.4. The fraction of sp³-hybridized carbons (Fsp3) is 0.333. The summed E-state index contributed by atoms with van der Waals surface area (Å²) in [5, 5.41) is 13.1. The minimum atomic E-state index is -1.34. The van der Waals surface area contributed by atoms with Gasteiger partial charge >= 0.3 is 5.97 Å². The third-order valence-corrected chi connectivity index (χ3v) is 8.66. The minimum absolute atomic E-state index is 0.0594. The maximum atomic E-state index is 15.7. The standard InChI is InChI=1S/C30H29F2N7O4/c1-33-20-9-19(31)23(32)21-22-25(39-5-4-30(14-39)13-37(2)6-7-43-30)17(11-34-27(22)36-24(20)21)15-8-16-26(40)18(29(41)42)12-38(3)28(16)35-10-15/h8-12,33H,4-7,13-14H2,1-3H3,(H,34,36)(H,41,42)/t30-/m0/s1. The lowest BCUT2D eigenvalue weighted by Crippen LogP contribution is -2.52. The number of carboxylic acid groups (broad SMARTS) is 1. The van der Waals surface area contributed by atoms with E-state index in [0.717, 1.165) is 25.6 Å². The van der Waals surface area contributed by atoms with E-state index in [9.17, 15) is 19.1 Å². The molecule has 0 bridgehead atoms. The highest BCUT2D eigenvalue weighted by molar-refractivity contribution is 6.18. The first-order valence-corrected chi connectivity index (χ1v) is 13.9. The molecule has 1 atom stereocenters. The largest absolute Gasteiger partial charge is 0.477 e. The van der Waals surface area contributed by atoms with Crippen molar-refractivity contribution in [3.8, 4) is 11.1 Å². The van der Waals surface area contributed by atoms with Gasteiger partial charge in [0.15, 0.2) is 11.6 Å². The first-order chi connectivity index (χ1) is 20.6. The Hall–Kier alpha value is -4.62. The molecule has 0 unspecified atom stereocenters. The second kappa shape index (κ2) is 9.71. The number of pyridine rings is 3. The number of ether oxygens (including phenoxy) is 1. The van der Waals surface area contributed by atoms with Crippen molar-refractivity contribution in [3.05, 3.63) is 58.1 Å². The lowest BCUT2D eigenvalue weighted by Gasteiger charge is -2.39. The van der Waals surface area contributed by atoms with Crippen molar-refractivity contribution in [1.82, 2.24) is 24.4 Å². The second-order valence-electron chi connectivity index (χ2n) is 11.4. The van der Waals surface area contributed by atoms with E-state index < -0.39 is 28.6 Å². The quantitative estimate of drug-likeness (QED) is 0.288. The normalized spacial score (nSPS) is 19.3. The zero-order valence-electron chi connectivity index (χ0n) is 23.8. The number of likely N-dealkylation sites (N-methyl/N-ethyl adjacent to an activating group) is 1. The Kier molecular flexibility index (Phi) is 6.15. The molecule has 4 aromatic heterocycles. The maximum absolute atomic E-state index is 15.7. The highest BCUT2D eigenvalue weighted by Gasteiger charge is 2.43. The van der Waals surface area contributed by atoms with Crippen LogP contribution in [0.15, 0.2) is 35.5 Å². The van der Waals surface area contributed by atoms with Gasteiger partial charge in [-0.1, -0.05) is 0 Å². The van der Waals surface area contributed by atoms with E-state index in [4.69, 9.17) is 4.74 Å². The van der Waals surface area contributed by atoms with E-state index in [1.165, 1.54) is 10.8 Å². The number of carbonyl (C=O) groups is 1. The Morgan fingerprint density at radius 1 is 1.14 bits per heavy atom. The van der Waals surface area contributed by atoms with Gasteiger partial charge in [0, 0.05) is 76.1 Å². The van der Waals surface area contributed by atoms with Gasteiger partial charge in [0.1, 0.15) is 16.9 Å². The number of benzene rings is 1. The van der Waals surface area contributed by atoms with Crippen LogP contribution in [0.5, 0.6) is 0 Å². The van der Waals surface area contributed by atoms with Gasteiger partial charge in [-0.2, -0.15) is 0 Å². The average Bonchev–Trinajstić information content (AvgIpc) is 3.57. The van der Waals surface area contributed by atoms with Gasteiger partial charge in [-0.05, 0) is 19.5 Å². The lowest BCUT2D eigenvalue weighted by molar-refractivity contribution is -0.0885. The number of hydrogen-bond donors (Lipinski definition) is 3. The zero-order valence-corrected chi connectivity index (χ0v) is 23.8. The number of aromatic carboxylic acids is 1. The number of fused-ring (bicyclic) bond motifs is 4. The lowest BCUT2D eigenvalue weighted by atomic mass is 10.00. The van der Waals surface area contributed by atoms with Crippen LogP contribution >= 0.6 is 0 Å². The van der Waals surface area contributed by atoms with E-state index in [1.807, 2.05) is 7.05 Å². The molecule has 43 heavy (non-hydrogen) atoms. The molecular weight excluding hydrogens is 560 g/mol. The van der Waals surface area contributed by atoms with E-state index >= 15 is 4.39 Å². The molecule has 6 heterocycles. The molecule has 13 heteroatoms. The molecule has 1 aromatic carbocycles. The smallest absolute Gasteiger partial charge is 0.341 e. The Balaban J connectivity index is 1.52. The fourth-order valence-corrected chi connectivity index (χ4v) is 6.66. The summed E-state index contributed by atoms with van der Waals surface area (Å²) >= 11 is 0. The van der Waals surface area contributed by atoms with Crippen molar-refractivity contribution < 1.29 is 23.4 Å². The Labute approximate surface area is 243 Å². The molecule has 5 aromatic rings. The Bertz CT molecular complexity index is 2040. The number of aromatic amines is 1.